The Kier molecular flexibility index (Phi) is 7.54. The number of carbonyl (C=O) groups excluding carboxylic acids is 3. The summed E-state index contributed by atoms with van der Waals surface area (Å²) in [5.74, 6) is -1.26. The molecule has 9 heteroatoms. The molecule has 0 saturated heterocycles. The molecule has 0 radical (unpaired) electrons. The van der Waals surface area contributed by atoms with E-state index in [9.17, 15) is 19.2 Å². The van der Waals surface area contributed by atoms with Crippen LogP contribution < -0.4 is 16.2 Å². The summed E-state index contributed by atoms with van der Waals surface area (Å²) in [7, 11) is 2.82. The summed E-state index contributed by atoms with van der Waals surface area (Å²) in [5, 5.41) is 5.55. The van der Waals surface area contributed by atoms with Gasteiger partial charge in [0.1, 0.15) is 5.56 Å². The summed E-state index contributed by atoms with van der Waals surface area (Å²) in [4.78, 5) is 49.9. The first-order chi connectivity index (χ1) is 13.0. The Hall–Kier alpha value is -2.68. The number of aromatic amines is 1. The second-order valence-electron chi connectivity index (χ2n) is 6.39. The average Bonchev–Trinajstić information content (AvgIpc) is 2.68. The van der Waals surface area contributed by atoms with Gasteiger partial charge in [-0.15, -0.1) is 0 Å². The largest absolute Gasteiger partial charge is 0.469 e. The number of methoxy groups -OCH3 is 2. The first-order valence-corrected chi connectivity index (χ1v) is 8.82. The number of pyridine rings is 1. The fraction of sp³-hybridized carbons (Fsp3) is 0.556. The van der Waals surface area contributed by atoms with Gasteiger partial charge < -0.3 is 25.1 Å². The van der Waals surface area contributed by atoms with E-state index in [1.165, 1.54) is 26.5 Å². The highest BCUT2D eigenvalue weighted by Gasteiger charge is 2.35. The highest BCUT2D eigenvalue weighted by atomic mass is 16.5. The third-order valence-electron chi connectivity index (χ3n) is 4.70. The Bertz CT molecular complexity index is 732. The predicted molar refractivity (Wildman–Crippen MR) is 96.1 cm³/mol. The molecule has 1 fully saturated rings. The van der Waals surface area contributed by atoms with Crippen LogP contribution in [0.25, 0.3) is 0 Å². The summed E-state index contributed by atoms with van der Waals surface area (Å²) in [5.41, 5.74) is -0.419. The van der Waals surface area contributed by atoms with E-state index in [1.807, 2.05) is 0 Å². The quantitative estimate of drug-likeness (QED) is 0.571. The number of ether oxygens (including phenoxy) is 2. The number of hydrogen-bond donors (Lipinski definition) is 3. The van der Waals surface area contributed by atoms with E-state index in [-0.39, 0.29) is 48.5 Å². The van der Waals surface area contributed by atoms with Crippen LogP contribution >= 0.6 is 0 Å². The number of H-pyrrole nitrogens is 1. The van der Waals surface area contributed by atoms with E-state index in [0.29, 0.717) is 19.3 Å². The molecule has 27 heavy (non-hydrogen) atoms. The van der Waals surface area contributed by atoms with Crippen LogP contribution in [-0.4, -0.2) is 55.7 Å². The van der Waals surface area contributed by atoms with Gasteiger partial charge in [-0.2, -0.15) is 0 Å². The molecule has 1 aromatic heterocycles. The Morgan fingerprint density at radius 1 is 1.26 bits per heavy atom. The standard InChI is InChI=1S/C18H25N3O6/c1-26-14-10-11(16(23)20-9-7-15(22)27-2)5-6-13(14)21-18(25)12-4-3-8-19-17(12)24/h3-4,8,11,13-14H,5-7,9-10H2,1-2H3,(H,19,24)(H,20,23)(H,21,25)/t11-,13+,14+/m0/s1. The number of hydrogen-bond acceptors (Lipinski definition) is 6. The van der Waals surface area contributed by atoms with Crippen molar-refractivity contribution in [2.45, 2.75) is 37.8 Å². The minimum absolute atomic E-state index is 0.0371. The Morgan fingerprint density at radius 2 is 2.04 bits per heavy atom. The SMILES string of the molecule is COC(=O)CCNC(=O)[C@H]1CC[C@@H](NC(=O)c2ccc[nH]c2=O)[C@H](OC)C1. The first-order valence-electron chi connectivity index (χ1n) is 8.82. The lowest BCUT2D eigenvalue weighted by Crippen LogP contribution is -2.50. The summed E-state index contributed by atoms with van der Waals surface area (Å²) >= 11 is 0. The molecule has 2 amide bonds. The second-order valence-corrected chi connectivity index (χ2v) is 6.39. The maximum Gasteiger partial charge on any atom is 0.307 e. The normalized spacial score (nSPS) is 21.9. The van der Waals surface area contributed by atoms with Crippen LogP contribution in [0.2, 0.25) is 0 Å². The van der Waals surface area contributed by atoms with Crippen molar-refractivity contribution in [3.8, 4) is 0 Å². The van der Waals surface area contributed by atoms with Gasteiger partial charge in [-0.1, -0.05) is 0 Å². The topological polar surface area (TPSA) is 127 Å². The summed E-state index contributed by atoms with van der Waals surface area (Å²) in [6.07, 6.45) is 2.79. The van der Waals surface area contributed by atoms with Crippen LogP contribution in [0, 0.1) is 5.92 Å². The van der Waals surface area contributed by atoms with Crippen molar-refractivity contribution in [3.63, 3.8) is 0 Å². The molecule has 0 aromatic carbocycles. The molecule has 0 bridgehead atoms. The van der Waals surface area contributed by atoms with E-state index in [4.69, 9.17) is 4.74 Å². The molecule has 1 heterocycles. The van der Waals surface area contributed by atoms with Crippen molar-refractivity contribution in [2.24, 2.45) is 5.92 Å². The number of rotatable bonds is 7. The Morgan fingerprint density at radius 3 is 2.70 bits per heavy atom. The van der Waals surface area contributed by atoms with Crippen LogP contribution in [0.5, 0.6) is 0 Å². The highest BCUT2D eigenvalue weighted by molar-refractivity contribution is 5.94. The van der Waals surface area contributed by atoms with Crippen molar-refractivity contribution in [1.82, 2.24) is 15.6 Å². The molecule has 1 saturated carbocycles. The summed E-state index contributed by atoms with van der Waals surface area (Å²) < 4.78 is 9.99. The molecule has 1 aliphatic rings. The molecule has 1 aliphatic carbocycles. The number of nitrogens with one attached hydrogen (secondary N) is 3. The third-order valence-corrected chi connectivity index (χ3v) is 4.70. The molecule has 0 spiro atoms. The minimum atomic E-state index is -0.468. The Balaban J connectivity index is 1.89. The van der Waals surface area contributed by atoms with Crippen LogP contribution in [-0.2, 0) is 19.1 Å². The van der Waals surface area contributed by atoms with Crippen molar-refractivity contribution in [3.05, 3.63) is 34.2 Å². The Labute approximate surface area is 156 Å². The van der Waals surface area contributed by atoms with Crippen molar-refractivity contribution in [1.29, 1.82) is 0 Å². The van der Waals surface area contributed by atoms with Gasteiger partial charge in [-0.3, -0.25) is 19.2 Å². The lowest BCUT2D eigenvalue weighted by atomic mass is 9.83. The molecule has 0 unspecified atom stereocenters. The summed E-state index contributed by atoms with van der Waals surface area (Å²) in [6.45, 7) is 0.219. The van der Waals surface area contributed by atoms with Crippen LogP contribution in [0.3, 0.4) is 0 Å². The molecule has 0 aliphatic heterocycles. The fourth-order valence-corrected chi connectivity index (χ4v) is 3.17. The lowest BCUT2D eigenvalue weighted by molar-refractivity contribution is -0.140. The molecular weight excluding hydrogens is 354 g/mol. The third kappa shape index (κ3) is 5.65. The number of carbonyl (C=O) groups is 3. The zero-order chi connectivity index (χ0) is 19.8. The molecular formula is C18H25N3O6. The van der Waals surface area contributed by atoms with Gasteiger partial charge >= 0.3 is 5.97 Å². The smallest absolute Gasteiger partial charge is 0.307 e. The number of esters is 1. The van der Waals surface area contributed by atoms with Crippen LogP contribution in [0.15, 0.2) is 23.1 Å². The van der Waals surface area contributed by atoms with E-state index in [0.717, 1.165) is 0 Å². The molecule has 3 N–H and O–H groups in total. The monoisotopic (exact) mass is 379 g/mol. The molecule has 3 atom stereocenters. The maximum absolute atomic E-state index is 12.3. The molecule has 9 nitrogen and oxygen atoms in total. The van der Waals surface area contributed by atoms with Gasteiger partial charge in [0.05, 0.1) is 25.7 Å². The van der Waals surface area contributed by atoms with Gasteiger partial charge in [0.15, 0.2) is 0 Å². The highest BCUT2D eigenvalue weighted by Crippen LogP contribution is 2.27. The molecule has 1 aromatic rings. The molecule has 148 valence electrons. The van der Waals surface area contributed by atoms with E-state index in [1.54, 1.807) is 6.07 Å². The van der Waals surface area contributed by atoms with Crippen LogP contribution in [0.4, 0.5) is 0 Å². The van der Waals surface area contributed by atoms with Crippen molar-refractivity contribution in [2.75, 3.05) is 20.8 Å². The molecule has 2 rings (SSSR count). The van der Waals surface area contributed by atoms with E-state index in [2.05, 4.69) is 20.4 Å². The summed E-state index contributed by atoms with van der Waals surface area (Å²) in [6, 6.07) is 2.75. The second kappa shape index (κ2) is 9.86. The van der Waals surface area contributed by atoms with E-state index < -0.39 is 11.5 Å². The van der Waals surface area contributed by atoms with Gasteiger partial charge in [0.2, 0.25) is 5.91 Å². The van der Waals surface area contributed by atoms with Gasteiger partial charge in [-0.25, -0.2) is 0 Å². The van der Waals surface area contributed by atoms with Gasteiger partial charge in [0.25, 0.3) is 11.5 Å². The predicted octanol–water partition coefficient (Wildman–Crippen LogP) is -0.0323. The zero-order valence-electron chi connectivity index (χ0n) is 15.4. The van der Waals surface area contributed by atoms with Gasteiger partial charge in [-0.05, 0) is 31.4 Å². The number of amides is 2. The number of aromatic nitrogens is 1. The first kappa shape index (κ1) is 20.6. The van der Waals surface area contributed by atoms with Gasteiger partial charge in [0, 0.05) is 25.8 Å². The van der Waals surface area contributed by atoms with E-state index >= 15 is 0 Å². The van der Waals surface area contributed by atoms with Crippen LogP contribution in [0.1, 0.15) is 36.0 Å². The zero-order valence-corrected chi connectivity index (χ0v) is 15.4. The fourth-order valence-electron chi connectivity index (χ4n) is 3.17. The minimum Gasteiger partial charge on any atom is -0.469 e. The van der Waals surface area contributed by atoms with Crippen molar-refractivity contribution < 1.29 is 23.9 Å². The lowest BCUT2D eigenvalue weighted by Gasteiger charge is -2.35. The average molecular weight is 379 g/mol. The van der Waals surface area contributed by atoms with Crippen molar-refractivity contribution >= 4 is 17.8 Å². The maximum atomic E-state index is 12.3.